The molecule has 1 unspecified atom stereocenters. The molecule has 0 radical (unpaired) electrons. The summed E-state index contributed by atoms with van der Waals surface area (Å²) < 4.78 is 0. The summed E-state index contributed by atoms with van der Waals surface area (Å²) in [4.78, 5) is 0. The van der Waals surface area contributed by atoms with Gasteiger partial charge in [-0.2, -0.15) is 0 Å². The van der Waals surface area contributed by atoms with Crippen molar-refractivity contribution in [1.29, 1.82) is 0 Å². The molecule has 0 spiro atoms. The van der Waals surface area contributed by atoms with Crippen LogP contribution in [-0.4, -0.2) is 6.04 Å². The Bertz CT molecular complexity index is 515. The van der Waals surface area contributed by atoms with Crippen LogP contribution in [0.25, 0.3) is 0 Å². The molecule has 0 aromatic heterocycles. The second-order valence-corrected chi connectivity index (χ2v) is 8.59. The molecule has 0 heterocycles. The molecule has 2 heteroatoms. The molecule has 4 bridgehead atoms. The van der Waals surface area contributed by atoms with Crippen molar-refractivity contribution >= 4 is 11.6 Å². The van der Waals surface area contributed by atoms with Crippen LogP contribution in [0.15, 0.2) is 18.2 Å². The predicted octanol–water partition coefficient (Wildman–Crippen LogP) is 4.73. The largest absolute Gasteiger partial charge is 0.327 e. The third-order valence-electron chi connectivity index (χ3n) is 6.52. The number of benzene rings is 1. The van der Waals surface area contributed by atoms with Gasteiger partial charge in [0.2, 0.25) is 0 Å². The monoisotopic (exact) mass is 303 g/mol. The lowest BCUT2D eigenvalue weighted by Crippen LogP contribution is -2.55. The summed E-state index contributed by atoms with van der Waals surface area (Å²) in [5.74, 6) is 2.90. The fourth-order valence-electron chi connectivity index (χ4n) is 5.90. The van der Waals surface area contributed by atoms with Crippen LogP contribution in [-0.2, 0) is 6.42 Å². The highest BCUT2D eigenvalue weighted by molar-refractivity contribution is 6.31. The third-order valence-corrected chi connectivity index (χ3v) is 6.87. The van der Waals surface area contributed by atoms with E-state index in [1.807, 2.05) is 0 Å². The maximum Gasteiger partial charge on any atom is 0.0441 e. The Morgan fingerprint density at radius 1 is 1.14 bits per heavy atom. The Labute approximate surface area is 133 Å². The van der Waals surface area contributed by atoms with Crippen LogP contribution in [0.1, 0.15) is 49.7 Å². The lowest BCUT2D eigenvalue weighted by atomic mass is 9.47. The molecule has 114 valence electrons. The van der Waals surface area contributed by atoms with Crippen molar-refractivity contribution in [3.05, 3.63) is 34.3 Å². The molecule has 21 heavy (non-hydrogen) atoms. The molecular formula is C19H26ClN. The number of nitrogens with two attached hydrogens (primary N) is 1. The van der Waals surface area contributed by atoms with Gasteiger partial charge in [-0.1, -0.05) is 23.7 Å². The molecule has 4 aliphatic rings. The van der Waals surface area contributed by atoms with E-state index in [4.69, 9.17) is 17.3 Å². The zero-order valence-corrected chi connectivity index (χ0v) is 13.7. The SMILES string of the molecule is Cc1ccc(CC(N)C23CC4CC(CC(C4)C2)C3)c(Cl)c1. The Kier molecular flexibility index (Phi) is 3.35. The quantitative estimate of drug-likeness (QED) is 0.858. The molecule has 5 rings (SSSR count). The Hall–Kier alpha value is -0.530. The van der Waals surface area contributed by atoms with E-state index in [1.54, 1.807) is 0 Å². The highest BCUT2D eigenvalue weighted by Crippen LogP contribution is 2.61. The zero-order chi connectivity index (χ0) is 14.6. The summed E-state index contributed by atoms with van der Waals surface area (Å²) in [6.45, 7) is 2.09. The predicted molar refractivity (Wildman–Crippen MR) is 88.5 cm³/mol. The van der Waals surface area contributed by atoms with Gasteiger partial charge in [-0.15, -0.1) is 0 Å². The molecule has 4 saturated carbocycles. The molecule has 2 N–H and O–H groups in total. The molecule has 1 aromatic carbocycles. The average molecular weight is 304 g/mol. The van der Waals surface area contributed by atoms with Crippen LogP contribution in [0.3, 0.4) is 0 Å². The van der Waals surface area contributed by atoms with Crippen molar-refractivity contribution < 1.29 is 0 Å². The van der Waals surface area contributed by atoms with E-state index in [0.29, 0.717) is 5.41 Å². The number of hydrogen-bond acceptors (Lipinski definition) is 1. The van der Waals surface area contributed by atoms with E-state index in [9.17, 15) is 0 Å². The highest BCUT2D eigenvalue weighted by Gasteiger charge is 2.53. The summed E-state index contributed by atoms with van der Waals surface area (Å²) in [6, 6.07) is 6.70. The van der Waals surface area contributed by atoms with Crippen molar-refractivity contribution in [3.8, 4) is 0 Å². The van der Waals surface area contributed by atoms with Crippen LogP contribution in [0.4, 0.5) is 0 Å². The molecule has 4 aliphatic carbocycles. The van der Waals surface area contributed by atoms with Crippen LogP contribution >= 0.6 is 11.6 Å². The molecule has 0 amide bonds. The zero-order valence-electron chi connectivity index (χ0n) is 12.9. The molecule has 1 nitrogen and oxygen atoms in total. The first-order chi connectivity index (χ1) is 10.0. The van der Waals surface area contributed by atoms with E-state index in [2.05, 4.69) is 25.1 Å². The highest BCUT2D eigenvalue weighted by atomic mass is 35.5. The van der Waals surface area contributed by atoms with Gasteiger partial charge in [0.25, 0.3) is 0 Å². The minimum atomic E-state index is 0.283. The van der Waals surface area contributed by atoms with Gasteiger partial charge in [-0.3, -0.25) is 0 Å². The third kappa shape index (κ3) is 2.43. The summed E-state index contributed by atoms with van der Waals surface area (Å²) in [5.41, 5.74) is 9.64. The Morgan fingerprint density at radius 3 is 2.24 bits per heavy atom. The van der Waals surface area contributed by atoms with E-state index in [-0.39, 0.29) is 6.04 Å². The van der Waals surface area contributed by atoms with E-state index in [0.717, 1.165) is 29.2 Å². The first-order valence-electron chi connectivity index (χ1n) is 8.55. The molecule has 1 aromatic rings. The van der Waals surface area contributed by atoms with Crippen LogP contribution in [0, 0.1) is 30.1 Å². The van der Waals surface area contributed by atoms with Crippen molar-refractivity contribution in [2.24, 2.45) is 28.9 Å². The Morgan fingerprint density at radius 2 is 1.71 bits per heavy atom. The molecule has 0 aliphatic heterocycles. The van der Waals surface area contributed by atoms with Gasteiger partial charge in [-0.05, 0) is 92.2 Å². The number of aryl methyl sites for hydroxylation is 1. The fourth-order valence-corrected chi connectivity index (χ4v) is 6.22. The lowest BCUT2D eigenvalue weighted by Gasteiger charge is -2.59. The van der Waals surface area contributed by atoms with Crippen LogP contribution in [0.2, 0.25) is 5.02 Å². The molecule has 1 atom stereocenters. The minimum absolute atomic E-state index is 0.283. The van der Waals surface area contributed by atoms with Gasteiger partial charge in [0, 0.05) is 11.1 Å². The maximum atomic E-state index is 6.75. The molecule has 0 saturated heterocycles. The smallest absolute Gasteiger partial charge is 0.0441 e. The first kappa shape index (κ1) is 14.1. The van der Waals surface area contributed by atoms with Gasteiger partial charge in [0.15, 0.2) is 0 Å². The summed E-state index contributed by atoms with van der Waals surface area (Å²) in [6.07, 6.45) is 9.54. The number of halogens is 1. The van der Waals surface area contributed by atoms with E-state index >= 15 is 0 Å². The van der Waals surface area contributed by atoms with Gasteiger partial charge in [0.1, 0.15) is 0 Å². The van der Waals surface area contributed by atoms with Crippen molar-refractivity contribution in [2.75, 3.05) is 0 Å². The Balaban J connectivity index is 1.56. The van der Waals surface area contributed by atoms with E-state index < -0.39 is 0 Å². The second-order valence-electron chi connectivity index (χ2n) is 8.19. The molecule has 4 fully saturated rings. The standard InChI is InChI=1S/C19H26ClN/c1-12-2-3-16(17(20)4-12)8-18(21)19-9-13-5-14(10-19)7-15(6-13)11-19/h2-4,13-15,18H,5-11,21H2,1H3. The summed E-state index contributed by atoms with van der Waals surface area (Å²) in [5, 5.41) is 0.898. The van der Waals surface area contributed by atoms with Gasteiger partial charge in [-0.25, -0.2) is 0 Å². The number of hydrogen-bond donors (Lipinski definition) is 1. The van der Waals surface area contributed by atoms with Gasteiger partial charge < -0.3 is 5.73 Å². The summed E-state index contributed by atoms with van der Waals surface area (Å²) >= 11 is 6.43. The normalized spacial score (nSPS) is 38.7. The van der Waals surface area contributed by atoms with Crippen molar-refractivity contribution in [1.82, 2.24) is 0 Å². The lowest BCUT2D eigenvalue weighted by molar-refractivity contribution is -0.0667. The first-order valence-corrected chi connectivity index (χ1v) is 8.92. The summed E-state index contributed by atoms with van der Waals surface area (Å²) in [7, 11) is 0. The van der Waals surface area contributed by atoms with Gasteiger partial charge >= 0.3 is 0 Å². The second kappa shape index (κ2) is 4.99. The van der Waals surface area contributed by atoms with Gasteiger partial charge in [0.05, 0.1) is 0 Å². The molecular weight excluding hydrogens is 278 g/mol. The minimum Gasteiger partial charge on any atom is -0.327 e. The van der Waals surface area contributed by atoms with Crippen LogP contribution in [0.5, 0.6) is 0 Å². The van der Waals surface area contributed by atoms with E-state index in [1.165, 1.54) is 49.7 Å². The average Bonchev–Trinajstić information content (AvgIpc) is 2.40. The topological polar surface area (TPSA) is 26.0 Å². The van der Waals surface area contributed by atoms with Crippen LogP contribution < -0.4 is 5.73 Å². The van der Waals surface area contributed by atoms with Crippen molar-refractivity contribution in [2.45, 2.75) is 57.9 Å². The fraction of sp³-hybridized carbons (Fsp3) is 0.684. The van der Waals surface area contributed by atoms with Crippen molar-refractivity contribution in [3.63, 3.8) is 0 Å². The maximum absolute atomic E-state index is 6.75. The number of rotatable bonds is 3.